The molecule has 4 nitrogen and oxygen atoms in total. The zero-order chi connectivity index (χ0) is 19.4. The molecule has 2 aromatic carbocycles. The van der Waals surface area contributed by atoms with Crippen LogP contribution < -0.4 is 5.32 Å². The van der Waals surface area contributed by atoms with E-state index in [1.165, 1.54) is 0 Å². The molecule has 1 aliphatic rings. The molecular weight excluding hydrogens is 336 g/mol. The molecule has 27 heavy (non-hydrogen) atoms. The number of carbonyl (C=O) groups is 2. The third kappa shape index (κ3) is 4.21. The van der Waals surface area contributed by atoms with Gasteiger partial charge in [0.15, 0.2) is 0 Å². The highest BCUT2D eigenvalue weighted by molar-refractivity contribution is 6.07. The van der Waals surface area contributed by atoms with Crippen molar-refractivity contribution in [2.75, 3.05) is 0 Å². The zero-order valence-corrected chi connectivity index (χ0v) is 16.4. The highest BCUT2D eigenvalue weighted by Gasteiger charge is 2.58. The minimum absolute atomic E-state index is 0.0411. The van der Waals surface area contributed by atoms with E-state index >= 15 is 0 Å². The molecule has 0 heterocycles. The van der Waals surface area contributed by atoms with Gasteiger partial charge in [-0.1, -0.05) is 54.6 Å². The van der Waals surface area contributed by atoms with Gasteiger partial charge in [0.1, 0.15) is 5.41 Å². The molecule has 0 radical (unpaired) electrons. The van der Waals surface area contributed by atoms with Crippen LogP contribution in [0.4, 0.5) is 0 Å². The minimum Gasteiger partial charge on any atom is -0.351 e. The molecule has 0 unspecified atom stereocenters. The average Bonchev–Trinajstić information content (AvgIpc) is 3.47. The molecule has 1 fully saturated rings. The van der Waals surface area contributed by atoms with E-state index in [1.807, 2.05) is 80.3 Å². The lowest BCUT2D eigenvalue weighted by Crippen LogP contribution is -2.47. The van der Waals surface area contributed by atoms with E-state index in [-0.39, 0.29) is 17.9 Å². The topological polar surface area (TPSA) is 49.4 Å². The van der Waals surface area contributed by atoms with Crippen LogP contribution in [0.3, 0.4) is 0 Å². The molecule has 0 bridgehead atoms. The first kappa shape index (κ1) is 19.2. The number of benzene rings is 2. The minimum atomic E-state index is -0.887. The summed E-state index contributed by atoms with van der Waals surface area (Å²) in [5, 5.41) is 2.99. The van der Waals surface area contributed by atoms with Crippen molar-refractivity contribution in [2.45, 2.75) is 52.7 Å². The number of amides is 2. The second kappa shape index (κ2) is 7.95. The van der Waals surface area contributed by atoms with E-state index in [0.29, 0.717) is 25.9 Å². The maximum absolute atomic E-state index is 13.3. The van der Waals surface area contributed by atoms with Crippen LogP contribution in [0.5, 0.6) is 0 Å². The lowest BCUT2D eigenvalue weighted by Gasteiger charge is -2.30. The average molecular weight is 364 g/mol. The largest absolute Gasteiger partial charge is 0.351 e. The fourth-order valence-corrected chi connectivity index (χ4v) is 3.36. The van der Waals surface area contributed by atoms with Crippen molar-refractivity contribution in [3.05, 3.63) is 71.3 Å². The third-order valence-corrected chi connectivity index (χ3v) is 5.37. The first-order valence-corrected chi connectivity index (χ1v) is 9.62. The lowest BCUT2D eigenvalue weighted by atomic mass is 10.0. The first-order chi connectivity index (χ1) is 12.9. The van der Waals surface area contributed by atoms with Crippen LogP contribution in [0.15, 0.2) is 54.6 Å². The Morgan fingerprint density at radius 2 is 1.67 bits per heavy atom. The van der Waals surface area contributed by atoms with Gasteiger partial charge in [0, 0.05) is 19.1 Å². The summed E-state index contributed by atoms with van der Waals surface area (Å²) in [5.41, 5.74) is 2.42. The monoisotopic (exact) mass is 364 g/mol. The van der Waals surface area contributed by atoms with Gasteiger partial charge in [-0.3, -0.25) is 9.59 Å². The fourth-order valence-electron chi connectivity index (χ4n) is 3.36. The van der Waals surface area contributed by atoms with Crippen molar-refractivity contribution in [3.8, 4) is 0 Å². The third-order valence-electron chi connectivity index (χ3n) is 5.37. The number of hydrogen-bond donors (Lipinski definition) is 1. The molecule has 4 heteroatoms. The van der Waals surface area contributed by atoms with Gasteiger partial charge in [-0.25, -0.2) is 0 Å². The predicted molar refractivity (Wildman–Crippen MR) is 107 cm³/mol. The van der Waals surface area contributed by atoms with Crippen molar-refractivity contribution in [2.24, 2.45) is 5.41 Å². The van der Waals surface area contributed by atoms with Crippen molar-refractivity contribution in [1.82, 2.24) is 10.2 Å². The Labute approximate surface area is 161 Å². The Morgan fingerprint density at radius 3 is 2.26 bits per heavy atom. The van der Waals surface area contributed by atoms with Crippen LogP contribution in [-0.4, -0.2) is 22.8 Å². The number of nitrogens with zero attached hydrogens (tertiary/aromatic N) is 1. The van der Waals surface area contributed by atoms with Gasteiger partial charge in [-0.15, -0.1) is 0 Å². The van der Waals surface area contributed by atoms with E-state index < -0.39 is 5.41 Å². The number of carbonyl (C=O) groups excluding carboxylic acids is 2. The summed E-state index contributed by atoms with van der Waals surface area (Å²) in [6.45, 7) is 7.02. The molecule has 0 spiro atoms. The molecule has 0 saturated heterocycles. The summed E-state index contributed by atoms with van der Waals surface area (Å²) in [5.74, 6) is -0.196. The number of aryl methyl sites for hydroxylation is 1. The Balaban J connectivity index is 1.69. The van der Waals surface area contributed by atoms with Crippen LogP contribution in [0.1, 0.15) is 43.4 Å². The van der Waals surface area contributed by atoms with Crippen LogP contribution in [0.2, 0.25) is 0 Å². The van der Waals surface area contributed by atoms with E-state index in [2.05, 4.69) is 5.32 Å². The number of rotatable bonds is 7. The summed E-state index contributed by atoms with van der Waals surface area (Å²) in [6, 6.07) is 18.0. The lowest BCUT2D eigenvalue weighted by molar-refractivity contribution is -0.146. The molecular formula is C23H28N2O2. The van der Waals surface area contributed by atoms with E-state index in [1.54, 1.807) is 0 Å². The van der Waals surface area contributed by atoms with Gasteiger partial charge < -0.3 is 10.2 Å². The molecule has 0 atom stereocenters. The summed E-state index contributed by atoms with van der Waals surface area (Å²) >= 11 is 0. The SMILES string of the molecule is Cc1ccccc1CNC(=O)C1(C(=O)N(Cc2ccccc2)C(C)C)CC1. The zero-order valence-electron chi connectivity index (χ0n) is 16.4. The van der Waals surface area contributed by atoms with Gasteiger partial charge in [0.2, 0.25) is 11.8 Å². The molecule has 1 aliphatic carbocycles. The Hall–Kier alpha value is -2.62. The summed E-state index contributed by atoms with van der Waals surface area (Å²) in [4.78, 5) is 28.0. The van der Waals surface area contributed by atoms with Crippen molar-refractivity contribution in [1.29, 1.82) is 0 Å². The maximum atomic E-state index is 13.3. The molecule has 0 aromatic heterocycles. The van der Waals surface area contributed by atoms with Crippen LogP contribution in [0, 0.1) is 12.3 Å². The molecule has 0 aliphatic heterocycles. The Kier molecular flexibility index (Phi) is 5.64. The second-order valence-electron chi connectivity index (χ2n) is 7.70. The van der Waals surface area contributed by atoms with E-state index in [9.17, 15) is 9.59 Å². The summed E-state index contributed by atoms with van der Waals surface area (Å²) in [6.07, 6.45) is 1.26. The number of nitrogens with one attached hydrogen (secondary N) is 1. The quantitative estimate of drug-likeness (QED) is 0.759. The highest BCUT2D eigenvalue weighted by atomic mass is 16.2. The predicted octanol–water partition coefficient (Wildman–Crippen LogP) is 3.83. The summed E-state index contributed by atoms with van der Waals surface area (Å²) < 4.78 is 0. The Bertz CT molecular complexity index is 810. The standard InChI is InChI=1S/C23H28N2O2/c1-17(2)25(16-19-10-5-4-6-11-19)22(27)23(13-14-23)21(26)24-15-20-12-8-7-9-18(20)3/h4-12,17H,13-16H2,1-3H3,(H,24,26). The fraction of sp³-hybridized carbons (Fsp3) is 0.391. The Morgan fingerprint density at radius 1 is 1.04 bits per heavy atom. The second-order valence-corrected chi connectivity index (χ2v) is 7.70. The smallest absolute Gasteiger partial charge is 0.238 e. The molecule has 2 amide bonds. The molecule has 3 rings (SSSR count). The van der Waals surface area contributed by atoms with Crippen LogP contribution in [-0.2, 0) is 22.7 Å². The van der Waals surface area contributed by atoms with E-state index in [4.69, 9.17) is 0 Å². The first-order valence-electron chi connectivity index (χ1n) is 9.62. The number of hydrogen-bond acceptors (Lipinski definition) is 2. The van der Waals surface area contributed by atoms with Crippen LogP contribution in [0.25, 0.3) is 0 Å². The molecule has 1 saturated carbocycles. The normalized spacial score (nSPS) is 14.7. The van der Waals surface area contributed by atoms with Gasteiger partial charge in [0.25, 0.3) is 0 Å². The summed E-state index contributed by atoms with van der Waals surface area (Å²) in [7, 11) is 0. The van der Waals surface area contributed by atoms with E-state index in [0.717, 1.165) is 16.7 Å². The van der Waals surface area contributed by atoms with Crippen molar-refractivity contribution < 1.29 is 9.59 Å². The van der Waals surface area contributed by atoms with Gasteiger partial charge >= 0.3 is 0 Å². The van der Waals surface area contributed by atoms with Crippen molar-refractivity contribution in [3.63, 3.8) is 0 Å². The molecule has 142 valence electrons. The molecule has 2 aromatic rings. The van der Waals surface area contributed by atoms with Crippen molar-refractivity contribution >= 4 is 11.8 Å². The molecule has 1 N–H and O–H groups in total. The maximum Gasteiger partial charge on any atom is 0.238 e. The van der Waals surface area contributed by atoms with Gasteiger partial charge in [-0.2, -0.15) is 0 Å². The van der Waals surface area contributed by atoms with Gasteiger partial charge in [-0.05, 0) is 50.3 Å². The van der Waals surface area contributed by atoms with Gasteiger partial charge in [0.05, 0.1) is 0 Å². The van der Waals surface area contributed by atoms with Crippen LogP contribution >= 0.6 is 0 Å². The highest BCUT2D eigenvalue weighted by Crippen LogP contribution is 2.48.